The van der Waals surface area contributed by atoms with Gasteiger partial charge in [0.15, 0.2) is 23.5 Å². The third-order valence-corrected chi connectivity index (χ3v) is 3.54. The Morgan fingerprint density at radius 1 is 1.04 bits per heavy atom. The minimum atomic E-state index is -0.469. The fourth-order valence-electron chi connectivity index (χ4n) is 2.11. The summed E-state index contributed by atoms with van der Waals surface area (Å²) in [5.41, 5.74) is 13.3. The molecule has 0 amide bonds. The topological polar surface area (TPSA) is 113 Å². The number of nitrogen functional groups attached to an aromatic ring is 1. The van der Waals surface area contributed by atoms with Gasteiger partial charge in [0.05, 0.1) is 0 Å². The van der Waals surface area contributed by atoms with E-state index in [4.69, 9.17) is 27.9 Å². The van der Waals surface area contributed by atoms with Crippen LogP contribution in [0.2, 0.25) is 5.02 Å². The van der Waals surface area contributed by atoms with Crippen molar-refractivity contribution in [3.8, 4) is 0 Å². The van der Waals surface area contributed by atoms with Crippen LogP contribution in [0.5, 0.6) is 0 Å². The van der Waals surface area contributed by atoms with Crippen LogP contribution in [-0.4, -0.2) is 16.1 Å². The molecule has 0 fully saturated rings. The number of oxime groups is 1. The van der Waals surface area contributed by atoms with E-state index in [1.807, 2.05) is 42.5 Å². The number of anilines is 1. The van der Waals surface area contributed by atoms with E-state index >= 15 is 0 Å². The number of aromatic nitrogens is 2. The van der Waals surface area contributed by atoms with Crippen molar-refractivity contribution in [2.75, 3.05) is 5.73 Å². The van der Waals surface area contributed by atoms with E-state index in [1.54, 1.807) is 12.1 Å². The van der Waals surface area contributed by atoms with Gasteiger partial charge in [-0.15, -0.1) is 0 Å². The van der Waals surface area contributed by atoms with E-state index in [-0.39, 0.29) is 17.3 Å². The summed E-state index contributed by atoms with van der Waals surface area (Å²) in [6.45, 7) is 0. The highest BCUT2D eigenvalue weighted by molar-refractivity contribution is 6.30. The van der Waals surface area contributed by atoms with Crippen LogP contribution in [-0.2, 0) is 4.84 Å². The van der Waals surface area contributed by atoms with Gasteiger partial charge in [-0.2, -0.15) is 0 Å². The molecule has 0 bridgehead atoms. The van der Waals surface area contributed by atoms with E-state index in [9.17, 15) is 0 Å². The Bertz CT molecular complexity index is 833. The molecule has 3 rings (SSSR count). The first-order valence-corrected chi connectivity index (χ1v) is 7.41. The molecule has 2 aromatic carbocycles. The summed E-state index contributed by atoms with van der Waals surface area (Å²) >= 11 is 5.95. The maximum atomic E-state index is 5.95. The monoisotopic (exact) mass is 343 g/mol. The number of halogens is 1. The molecule has 1 aromatic heterocycles. The van der Waals surface area contributed by atoms with Crippen LogP contribution in [0, 0.1) is 0 Å². The van der Waals surface area contributed by atoms with Crippen molar-refractivity contribution in [2.24, 2.45) is 10.9 Å². The number of benzene rings is 2. The Hall–Kier alpha value is -3.06. The van der Waals surface area contributed by atoms with Gasteiger partial charge in [0.1, 0.15) is 0 Å². The van der Waals surface area contributed by atoms with Gasteiger partial charge in [-0.05, 0) is 33.6 Å². The highest BCUT2D eigenvalue weighted by Gasteiger charge is 2.17. The zero-order valence-electron chi connectivity index (χ0n) is 12.5. The van der Waals surface area contributed by atoms with E-state index < -0.39 is 6.10 Å². The predicted octanol–water partition coefficient (Wildman–Crippen LogP) is 2.73. The molecule has 122 valence electrons. The van der Waals surface area contributed by atoms with Gasteiger partial charge in [-0.3, -0.25) is 0 Å². The molecule has 0 aliphatic heterocycles. The minimum absolute atomic E-state index is 0.0244. The smallest absolute Gasteiger partial charge is 0.199 e. The maximum absolute atomic E-state index is 5.95. The number of hydrogen-bond acceptors (Lipinski definition) is 6. The molecule has 4 N–H and O–H groups in total. The number of hydrogen-bond donors (Lipinski definition) is 2. The molecule has 7 nitrogen and oxygen atoms in total. The molecule has 1 atom stereocenters. The van der Waals surface area contributed by atoms with Gasteiger partial charge >= 0.3 is 0 Å². The Balaban J connectivity index is 1.91. The zero-order chi connectivity index (χ0) is 16.9. The number of rotatable bonds is 5. The molecule has 8 heteroatoms. The summed E-state index contributed by atoms with van der Waals surface area (Å²) in [7, 11) is 0. The van der Waals surface area contributed by atoms with Gasteiger partial charge in [0.2, 0.25) is 0 Å². The second-order valence-corrected chi connectivity index (χ2v) is 5.36. The van der Waals surface area contributed by atoms with Gasteiger partial charge in [-0.25, -0.2) is 4.63 Å². The largest absolute Gasteiger partial charge is 0.381 e. The Kier molecular flexibility index (Phi) is 4.62. The highest BCUT2D eigenvalue weighted by atomic mass is 35.5. The van der Waals surface area contributed by atoms with Gasteiger partial charge < -0.3 is 16.3 Å². The standard InChI is InChI=1S/C16H14ClN5O2/c17-12-8-6-11(7-9-12)14(10-4-2-1-3-5-10)23-21-15(18)13-16(19)22-24-20-13/h1-9,14H,(H2,18,21)(H2,19,22)/t14-/m1/s1. The maximum Gasteiger partial charge on any atom is 0.199 e. The van der Waals surface area contributed by atoms with Crippen molar-refractivity contribution in [1.29, 1.82) is 0 Å². The van der Waals surface area contributed by atoms with Crippen LogP contribution in [0.3, 0.4) is 0 Å². The van der Waals surface area contributed by atoms with E-state index in [2.05, 4.69) is 20.1 Å². The molecule has 0 aliphatic rings. The lowest BCUT2D eigenvalue weighted by Crippen LogP contribution is -2.17. The number of nitrogens with two attached hydrogens (primary N) is 2. The van der Waals surface area contributed by atoms with Crippen LogP contribution in [0.25, 0.3) is 0 Å². The van der Waals surface area contributed by atoms with E-state index in [0.29, 0.717) is 5.02 Å². The molecule has 0 saturated heterocycles. The number of amidine groups is 1. The van der Waals surface area contributed by atoms with E-state index in [1.165, 1.54) is 0 Å². The fourth-order valence-corrected chi connectivity index (χ4v) is 2.23. The molecule has 0 unspecified atom stereocenters. The summed E-state index contributed by atoms with van der Waals surface area (Å²) in [6.07, 6.45) is -0.469. The van der Waals surface area contributed by atoms with Crippen LogP contribution in [0.4, 0.5) is 5.82 Å². The van der Waals surface area contributed by atoms with Crippen molar-refractivity contribution in [3.63, 3.8) is 0 Å². The second kappa shape index (κ2) is 7.01. The zero-order valence-corrected chi connectivity index (χ0v) is 13.2. The first-order chi connectivity index (χ1) is 11.6. The summed E-state index contributed by atoms with van der Waals surface area (Å²) in [5.74, 6) is 0.0197. The Labute approximate surface area is 142 Å². The Morgan fingerprint density at radius 2 is 1.71 bits per heavy atom. The summed E-state index contributed by atoms with van der Waals surface area (Å²) in [5, 5.41) is 11.6. The highest BCUT2D eigenvalue weighted by Crippen LogP contribution is 2.27. The molecule has 0 spiro atoms. The molecule has 3 aromatic rings. The van der Waals surface area contributed by atoms with Crippen LogP contribution in [0.15, 0.2) is 64.4 Å². The van der Waals surface area contributed by atoms with Crippen molar-refractivity contribution in [3.05, 3.63) is 76.4 Å². The molecule has 0 aliphatic carbocycles. The third-order valence-electron chi connectivity index (χ3n) is 3.29. The van der Waals surface area contributed by atoms with Gasteiger partial charge in [0, 0.05) is 5.02 Å². The lowest BCUT2D eigenvalue weighted by Gasteiger charge is -2.16. The fraction of sp³-hybridized carbons (Fsp3) is 0.0625. The van der Waals surface area contributed by atoms with Crippen molar-refractivity contribution < 1.29 is 9.47 Å². The SMILES string of the molecule is N/C(=N\O[C@H](c1ccccc1)c1ccc(Cl)cc1)c1nonc1N. The lowest BCUT2D eigenvalue weighted by atomic mass is 10.0. The van der Waals surface area contributed by atoms with Crippen molar-refractivity contribution in [2.45, 2.75) is 6.10 Å². The van der Waals surface area contributed by atoms with Crippen molar-refractivity contribution >= 4 is 23.3 Å². The molecule has 0 saturated carbocycles. The summed E-state index contributed by atoms with van der Waals surface area (Å²) < 4.78 is 4.50. The lowest BCUT2D eigenvalue weighted by molar-refractivity contribution is 0.0871. The summed E-state index contributed by atoms with van der Waals surface area (Å²) in [4.78, 5) is 5.65. The van der Waals surface area contributed by atoms with Crippen LogP contribution in [0.1, 0.15) is 22.9 Å². The Morgan fingerprint density at radius 3 is 2.33 bits per heavy atom. The first kappa shape index (κ1) is 15.8. The second-order valence-electron chi connectivity index (χ2n) is 4.92. The average Bonchev–Trinajstić information content (AvgIpc) is 3.03. The molecule has 1 heterocycles. The molecular weight excluding hydrogens is 330 g/mol. The molecule has 24 heavy (non-hydrogen) atoms. The summed E-state index contributed by atoms with van der Waals surface area (Å²) in [6, 6.07) is 16.9. The van der Waals surface area contributed by atoms with E-state index in [0.717, 1.165) is 11.1 Å². The van der Waals surface area contributed by atoms with Crippen LogP contribution >= 0.6 is 11.6 Å². The first-order valence-electron chi connectivity index (χ1n) is 7.03. The predicted molar refractivity (Wildman–Crippen MR) is 90.3 cm³/mol. The van der Waals surface area contributed by atoms with Gasteiger partial charge in [0.25, 0.3) is 0 Å². The minimum Gasteiger partial charge on any atom is -0.381 e. The average molecular weight is 344 g/mol. The molecular formula is C16H14ClN5O2. The van der Waals surface area contributed by atoms with Crippen LogP contribution < -0.4 is 11.5 Å². The number of nitrogens with zero attached hydrogens (tertiary/aromatic N) is 3. The molecule has 0 radical (unpaired) electrons. The van der Waals surface area contributed by atoms with Gasteiger partial charge in [-0.1, -0.05) is 59.2 Å². The normalized spacial score (nSPS) is 12.8. The third kappa shape index (κ3) is 3.47. The van der Waals surface area contributed by atoms with Crippen molar-refractivity contribution in [1.82, 2.24) is 10.3 Å². The quantitative estimate of drug-likeness (QED) is 0.418.